The van der Waals surface area contributed by atoms with Gasteiger partial charge in [-0.1, -0.05) is 30.3 Å². The van der Waals surface area contributed by atoms with Crippen LogP contribution in [0.2, 0.25) is 0 Å². The van der Waals surface area contributed by atoms with Crippen molar-refractivity contribution in [2.75, 3.05) is 31.6 Å². The van der Waals surface area contributed by atoms with Crippen LogP contribution in [-0.2, 0) is 9.53 Å². The lowest BCUT2D eigenvalue weighted by Crippen LogP contribution is -2.38. The van der Waals surface area contributed by atoms with Crippen molar-refractivity contribution in [2.45, 2.75) is 58.4 Å². The summed E-state index contributed by atoms with van der Waals surface area (Å²) in [6.45, 7) is 8.33. The van der Waals surface area contributed by atoms with Crippen LogP contribution >= 0.6 is 0 Å². The fourth-order valence-corrected chi connectivity index (χ4v) is 6.68. The number of fused-ring (bicyclic) bond motifs is 1. The third-order valence-electron chi connectivity index (χ3n) is 9.34. The minimum absolute atomic E-state index is 0.0512. The number of esters is 1. The summed E-state index contributed by atoms with van der Waals surface area (Å²) < 4.78 is 13.0. The molecule has 1 saturated carbocycles. The van der Waals surface area contributed by atoms with Gasteiger partial charge in [-0.2, -0.15) is 5.10 Å². The molecule has 2 aromatic heterocycles. The molecule has 0 spiro atoms. The lowest BCUT2D eigenvalue weighted by atomic mass is 9.88. The average Bonchev–Trinajstić information content (AvgIpc) is 3.72. The van der Waals surface area contributed by atoms with Gasteiger partial charge in [-0.25, -0.2) is 14.5 Å². The first kappa shape index (κ1) is 29.1. The van der Waals surface area contributed by atoms with Gasteiger partial charge in [-0.3, -0.25) is 4.79 Å². The molecule has 232 valence electrons. The SMILES string of the molecule is CCOC(=O)c1cnn(-c2cccc(-c3cccc4c3C(Nc3ccc(C5CCN(C(=O)C6CC6)CC5)cc3C)CO4)n2)c1C. The molecule has 9 nitrogen and oxygen atoms in total. The van der Waals surface area contributed by atoms with Gasteiger partial charge in [0.1, 0.15) is 17.9 Å². The van der Waals surface area contributed by atoms with Gasteiger partial charge in [0.05, 0.1) is 30.2 Å². The monoisotopic (exact) mass is 605 g/mol. The summed E-state index contributed by atoms with van der Waals surface area (Å²) in [6.07, 6.45) is 5.70. The minimum Gasteiger partial charge on any atom is -0.491 e. The number of rotatable bonds is 8. The summed E-state index contributed by atoms with van der Waals surface area (Å²) in [5, 5.41) is 8.19. The highest BCUT2D eigenvalue weighted by atomic mass is 16.5. The van der Waals surface area contributed by atoms with Gasteiger partial charge in [0, 0.05) is 35.8 Å². The standard InChI is InChI=1S/C36H39N5O4/c1-4-44-36(43)28-20-37-41(23(28)3)33-10-6-8-30(39-33)27-7-5-9-32-34(27)31(21-45-32)38-29-14-13-26(19-22(29)2)24-15-17-40(18-16-24)35(42)25-11-12-25/h5-10,13-14,19-20,24-25,31,38H,4,11-12,15-18,21H2,1-3H3. The molecule has 0 radical (unpaired) electrons. The van der Waals surface area contributed by atoms with Gasteiger partial charge < -0.3 is 19.7 Å². The molecule has 9 heteroatoms. The molecule has 2 aliphatic heterocycles. The lowest BCUT2D eigenvalue weighted by Gasteiger charge is -2.32. The number of nitrogens with one attached hydrogen (secondary N) is 1. The number of carbonyl (C=O) groups is 2. The third-order valence-corrected chi connectivity index (χ3v) is 9.34. The second-order valence-corrected chi connectivity index (χ2v) is 12.3. The number of benzene rings is 2. The fraction of sp³-hybridized carbons (Fsp3) is 0.389. The minimum atomic E-state index is -0.390. The largest absolute Gasteiger partial charge is 0.491 e. The molecule has 45 heavy (non-hydrogen) atoms. The normalized spacial score (nSPS) is 17.9. The molecule has 0 bridgehead atoms. The van der Waals surface area contributed by atoms with Crippen LogP contribution in [0.15, 0.2) is 60.8 Å². The van der Waals surface area contributed by atoms with Crippen molar-refractivity contribution in [1.29, 1.82) is 0 Å². The number of nitrogens with zero attached hydrogens (tertiary/aromatic N) is 4. The molecule has 1 unspecified atom stereocenters. The van der Waals surface area contributed by atoms with E-state index in [0.717, 1.165) is 67.0 Å². The highest BCUT2D eigenvalue weighted by Gasteiger charge is 2.35. The molecule has 2 fully saturated rings. The molecular formula is C36H39N5O4. The van der Waals surface area contributed by atoms with Gasteiger partial charge in [0.25, 0.3) is 0 Å². The first-order valence-corrected chi connectivity index (χ1v) is 16.0. The van der Waals surface area contributed by atoms with E-state index >= 15 is 0 Å². The van der Waals surface area contributed by atoms with Crippen LogP contribution in [0.4, 0.5) is 5.69 Å². The molecule has 7 rings (SSSR count). The van der Waals surface area contributed by atoms with E-state index < -0.39 is 5.97 Å². The highest BCUT2D eigenvalue weighted by molar-refractivity contribution is 5.90. The Labute approximate surface area is 263 Å². The molecule has 4 aromatic rings. The van der Waals surface area contributed by atoms with Crippen molar-refractivity contribution in [3.63, 3.8) is 0 Å². The molecule has 1 amide bonds. The van der Waals surface area contributed by atoms with E-state index in [1.165, 1.54) is 17.3 Å². The summed E-state index contributed by atoms with van der Waals surface area (Å²) in [6, 6.07) is 18.6. The number of anilines is 1. The van der Waals surface area contributed by atoms with Crippen molar-refractivity contribution >= 4 is 17.6 Å². The van der Waals surface area contributed by atoms with Crippen molar-refractivity contribution < 1.29 is 19.1 Å². The summed E-state index contributed by atoms with van der Waals surface area (Å²) in [7, 11) is 0. The number of amides is 1. The summed E-state index contributed by atoms with van der Waals surface area (Å²) in [4.78, 5) is 31.9. The van der Waals surface area contributed by atoms with Crippen LogP contribution in [-0.4, -0.2) is 57.8 Å². The highest BCUT2D eigenvalue weighted by Crippen LogP contribution is 2.42. The summed E-state index contributed by atoms with van der Waals surface area (Å²) in [5.74, 6) is 2.22. The molecule has 4 heterocycles. The van der Waals surface area contributed by atoms with Crippen molar-refractivity contribution in [2.24, 2.45) is 5.92 Å². The molecule has 1 atom stereocenters. The van der Waals surface area contributed by atoms with Gasteiger partial charge >= 0.3 is 5.97 Å². The van der Waals surface area contributed by atoms with Crippen molar-refractivity contribution in [1.82, 2.24) is 19.7 Å². The lowest BCUT2D eigenvalue weighted by molar-refractivity contribution is -0.133. The zero-order valence-electron chi connectivity index (χ0n) is 26.1. The molecule has 3 aliphatic rings. The molecule has 1 saturated heterocycles. The van der Waals surface area contributed by atoms with Crippen LogP contribution in [0.5, 0.6) is 5.75 Å². The predicted octanol–water partition coefficient (Wildman–Crippen LogP) is 6.39. The number of likely N-dealkylation sites (tertiary alicyclic amines) is 1. The second kappa shape index (κ2) is 12.0. The number of ether oxygens (including phenoxy) is 2. The predicted molar refractivity (Wildman–Crippen MR) is 172 cm³/mol. The van der Waals surface area contributed by atoms with E-state index in [2.05, 4.69) is 46.5 Å². The number of hydrogen-bond acceptors (Lipinski definition) is 7. The maximum atomic E-state index is 12.5. The van der Waals surface area contributed by atoms with Crippen LogP contribution in [0.3, 0.4) is 0 Å². The number of piperidine rings is 1. The Hall–Kier alpha value is -4.66. The van der Waals surface area contributed by atoms with Crippen LogP contribution in [0, 0.1) is 19.8 Å². The molecule has 2 aromatic carbocycles. The van der Waals surface area contributed by atoms with Crippen LogP contribution in [0.25, 0.3) is 17.1 Å². The van der Waals surface area contributed by atoms with Crippen LogP contribution < -0.4 is 10.1 Å². The van der Waals surface area contributed by atoms with Gasteiger partial charge in [-0.15, -0.1) is 0 Å². The fourth-order valence-electron chi connectivity index (χ4n) is 6.68. The van der Waals surface area contributed by atoms with E-state index in [1.54, 1.807) is 11.6 Å². The number of hydrogen-bond donors (Lipinski definition) is 1. The van der Waals surface area contributed by atoms with E-state index in [0.29, 0.717) is 48.0 Å². The first-order valence-electron chi connectivity index (χ1n) is 16.0. The topological polar surface area (TPSA) is 98.6 Å². The van der Waals surface area contributed by atoms with E-state index in [9.17, 15) is 9.59 Å². The maximum Gasteiger partial charge on any atom is 0.341 e. The molecule has 1 N–H and O–H groups in total. The number of carbonyl (C=O) groups excluding carboxylic acids is 2. The number of aromatic nitrogens is 3. The molecule has 1 aliphatic carbocycles. The zero-order valence-corrected chi connectivity index (χ0v) is 26.1. The Balaban J connectivity index is 1.10. The van der Waals surface area contributed by atoms with Gasteiger partial charge in [0.2, 0.25) is 5.91 Å². The van der Waals surface area contributed by atoms with Gasteiger partial charge in [-0.05, 0) is 87.8 Å². The van der Waals surface area contributed by atoms with E-state index in [4.69, 9.17) is 14.5 Å². The Bertz CT molecular complexity index is 1750. The third kappa shape index (κ3) is 5.67. The quantitative estimate of drug-likeness (QED) is 0.233. The van der Waals surface area contributed by atoms with Gasteiger partial charge in [0.15, 0.2) is 5.82 Å². The van der Waals surface area contributed by atoms with Crippen LogP contribution in [0.1, 0.15) is 77.3 Å². The molecular weight excluding hydrogens is 566 g/mol. The van der Waals surface area contributed by atoms with Crippen molar-refractivity contribution in [3.05, 3.63) is 88.7 Å². The van der Waals surface area contributed by atoms with Crippen molar-refractivity contribution in [3.8, 4) is 22.8 Å². The number of aryl methyl sites for hydroxylation is 1. The summed E-state index contributed by atoms with van der Waals surface area (Å²) in [5.41, 5.74) is 7.59. The van der Waals surface area contributed by atoms with E-state index in [1.807, 2.05) is 37.3 Å². The Kier molecular flexibility index (Phi) is 7.77. The first-order chi connectivity index (χ1) is 21.9. The number of pyridine rings is 1. The Morgan fingerprint density at radius 3 is 2.58 bits per heavy atom. The maximum absolute atomic E-state index is 12.5. The van der Waals surface area contributed by atoms with E-state index in [-0.39, 0.29) is 6.04 Å². The zero-order chi connectivity index (χ0) is 31.1. The smallest absolute Gasteiger partial charge is 0.341 e. The summed E-state index contributed by atoms with van der Waals surface area (Å²) >= 11 is 0. The second-order valence-electron chi connectivity index (χ2n) is 12.3. The average molecular weight is 606 g/mol. The Morgan fingerprint density at radius 1 is 1.02 bits per heavy atom. The Morgan fingerprint density at radius 2 is 1.82 bits per heavy atom.